The van der Waals surface area contributed by atoms with E-state index < -0.39 is 0 Å². The van der Waals surface area contributed by atoms with Crippen molar-refractivity contribution in [1.29, 1.82) is 5.26 Å². The molecule has 1 fully saturated rings. The van der Waals surface area contributed by atoms with Gasteiger partial charge in [0.1, 0.15) is 11.1 Å². The summed E-state index contributed by atoms with van der Waals surface area (Å²) in [5, 5.41) is 16.5. The number of fused-ring (bicyclic) bond motifs is 2. The van der Waals surface area contributed by atoms with Gasteiger partial charge in [0, 0.05) is 37.1 Å². The summed E-state index contributed by atoms with van der Waals surface area (Å²) in [5.41, 5.74) is 7.71. The number of unbranched alkanes of at least 4 members (excludes halogenated alkanes) is 1. The van der Waals surface area contributed by atoms with E-state index in [1.54, 1.807) is 0 Å². The SMILES string of the molecule is CCCCN(C(=O)NCCN(C)C)C(=O)[C@H]1CN[C@@H]2Cc3sc(N)c(C#N)c3C[C@H]2C1. The maximum atomic E-state index is 13.3. The molecule has 2 heterocycles. The van der Waals surface area contributed by atoms with Gasteiger partial charge >= 0.3 is 6.03 Å². The van der Waals surface area contributed by atoms with Gasteiger partial charge in [-0.1, -0.05) is 13.3 Å². The number of nitrogen functional groups attached to an aromatic ring is 1. The lowest BCUT2D eigenvalue weighted by atomic mass is 9.75. The molecule has 3 atom stereocenters. The highest BCUT2D eigenvalue weighted by Crippen LogP contribution is 2.40. The first-order valence-corrected chi connectivity index (χ1v) is 11.9. The van der Waals surface area contributed by atoms with Crippen molar-refractivity contribution in [3.63, 3.8) is 0 Å². The van der Waals surface area contributed by atoms with E-state index in [2.05, 4.69) is 23.6 Å². The van der Waals surface area contributed by atoms with Crippen molar-refractivity contribution >= 4 is 28.3 Å². The van der Waals surface area contributed by atoms with E-state index in [1.807, 2.05) is 19.0 Å². The van der Waals surface area contributed by atoms with Gasteiger partial charge in [-0.3, -0.25) is 9.69 Å². The van der Waals surface area contributed by atoms with Crippen molar-refractivity contribution in [3.05, 3.63) is 16.0 Å². The van der Waals surface area contributed by atoms with Crippen molar-refractivity contribution in [2.24, 2.45) is 11.8 Å². The molecule has 3 amide bonds. The van der Waals surface area contributed by atoms with E-state index in [4.69, 9.17) is 5.73 Å². The fourth-order valence-corrected chi connectivity index (χ4v) is 5.66. The van der Waals surface area contributed by atoms with Crippen LogP contribution in [0.5, 0.6) is 0 Å². The highest BCUT2D eigenvalue weighted by molar-refractivity contribution is 7.16. The normalized spacial score (nSPS) is 22.4. The number of nitrogens with two attached hydrogens (primary N) is 1. The zero-order valence-electron chi connectivity index (χ0n) is 18.7. The Morgan fingerprint density at radius 1 is 1.32 bits per heavy atom. The summed E-state index contributed by atoms with van der Waals surface area (Å²) >= 11 is 1.52. The van der Waals surface area contributed by atoms with Gasteiger partial charge in [0.05, 0.1) is 11.5 Å². The third-order valence-corrected chi connectivity index (χ3v) is 7.40. The number of rotatable bonds is 7. The number of nitriles is 1. The minimum atomic E-state index is -0.300. The first-order chi connectivity index (χ1) is 14.8. The molecule has 0 spiro atoms. The maximum Gasteiger partial charge on any atom is 0.324 e. The summed E-state index contributed by atoms with van der Waals surface area (Å²) in [6.07, 6.45) is 4.05. The molecular formula is C22H34N6O2S. The molecule has 0 bridgehead atoms. The van der Waals surface area contributed by atoms with Crippen molar-refractivity contribution < 1.29 is 9.59 Å². The van der Waals surface area contributed by atoms with Crippen molar-refractivity contribution in [3.8, 4) is 6.07 Å². The van der Waals surface area contributed by atoms with Gasteiger partial charge in [-0.2, -0.15) is 5.26 Å². The Morgan fingerprint density at radius 3 is 2.77 bits per heavy atom. The Morgan fingerprint density at radius 2 is 2.10 bits per heavy atom. The average Bonchev–Trinajstić information content (AvgIpc) is 3.05. The molecule has 0 unspecified atom stereocenters. The molecule has 0 radical (unpaired) electrons. The van der Waals surface area contributed by atoms with Crippen LogP contribution >= 0.6 is 11.3 Å². The highest BCUT2D eigenvalue weighted by atomic mass is 32.1. The molecule has 4 N–H and O–H groups in total. The summed E-state index contributed by atoms with van der Waals surface area (Å²) in [6, 6.07) is 2.24. The smallest absolute Gasteiger partial charge is 0.324 e. The molecular weight excluding hydrogens is 412 g/mol. The minimum absolute atomic E-state index is 0.0992. The first kappa shape index (κ1) is 23.5. The largest absolute Gasteiger partial charge is 0.389 e. The van der Waals surface area contributed by atoms with E-state index in [-0.39, 0.29) is 23.8 Å². The van der Waals surface area contributed by atoms with Gasteiger partial charge in [-0.25, -0.2) is 4.79 Å². The van der Waals surface area contributed by atoms with E-state index in [1.165, 1.54) is 21.1 Å². The fourth-order valence-electron chi connectivity index (χ4n) is 4.55. The van der Waals surface area contributed by atoms with Crippen molar-refractivity contribution in [2.45, 2.75) is 45.1 Å². The lowest BCUT2D eigenvalue weighted by Crippen LogP contribution is -2.55. The van der Waals surface area contributed by atoms with Crippen LogP contribution < -0.4 is 16.4 Å². The molecule has 1 aromatic heterocycles. The third-order valence-electron chi connectivity index (χ3n) is 6.32. The number of thiophene rings is 1. The standard InChI is InChI=1S/C22H34N6O2S/c1-4-5-7-28(22(30)25-6-8-27(2)3)21(29)15-9-14-10-16-17(12-23)20(24)31-19(16)11-18(14)26-13-15/h14-15,18,26H,4-11,13,24H2,1-3H3,(H,25,30)/t14-,15-,18-/m1/s1. The predicted octanol–water partition coefficient (Wildman–Crippen LogP) is 1.79. The second kappa shape index (κ2) is 10.4. The Hall–Kier alpha value is -2.15. The van der Waals surface area contributed by atoms with Crippen LogP contribution in [0, 0.1) is 23.2 Å². The number of piperidine rings is 1. The van der Waals surface area contributed by atoms with Crippen LogP contribution in [-0.4, -0.2) is 68.1 Å². The van der Waals surface area contributed by atoms with E-state index in [9.17, 15) is 14.9 Å². The quantitative estimate of drug-likeness (QED) is 0.588. The maximum absolute atomic E-state index is 13.3. The van der Waals surface area contributed by atoms with Crippen molar-refractivity contribution in [2.75, 3.05) is 46.0 Å². The zero-order chi connectivity index (χ0) is 22.5. The summed E-state index contributed by atoms with van der Waals surface area (Å²) in [7, 11) is 3.90. The number of urea groups is 1. The number of hydrogen-bond donors (Lipinski definition) is 3. The lowest BCUT2D eigenvalue weighted by molar-refractivity contribution is -0.134. The lowest BCUT2D eigenvalue weighted by Gasteiger charge is -2.40. The molecule has 1 aromatic rings. The van der Waals surface area contributed by atoms with E-state index >= 15 is 0 Å². The summed E-state index contributed by atoms with van der Waals surface area (Å²) in [5.74, 6) is -0.0696. The fraction of sp³-hybridized carbons (Fsp3) is 0.682. The van der Waals surface area contributed by atoms with Crippen molar-refractivity contribution in [1.82, 2.24) is 20.4 Å². The second-order valence-electron chi connectivity index (χ2n) is 8.85. The molecule has 31 heavy (non-hydrogen) atoms. The number of hydrogen-bond acceptors (Lipinski definition) is 7. The van der Waals surface area contributed by atoms with E-state index in [0.29, 0.717) is 36.2 Å². The van der Waals surface area contributed by atoms with Crippen LogP contribution in [0.3, 0.4) is 0 Å². The Labute approximate surface area is 188 Å². The monoisotopic (exact) mass is 446 g/mol. The van der Waals surface area contributed by atoms with Crippen LogP contribution in [-0.2, 0) is 17.6 Å². The number of carbonyl (C=O) groups excluding carboxylic acids is 2. The molecule has 9 heteroatoms. The molecule has 0 saturated carbocycles. The van der Waals surface area contributed by atoms with Crippen LogP contribution in [0.15, 0.2) is 0 Å². The number of imide groups is 1. The molecule has 1 aliphatic carbocycles. The highest BCUT2D eigenvalue weighted by Gasteiger charge is 2.40. The Kier molecular flexibility index (Phi) is 7.92. The molecule has 8 nitrogen and oxygen atoms in total. The van der Waals surface area contributed by atoms with Gasteiger partial charge in [0.15, 0.2) is 0 Å². The molecule has 2 aliphatic rings. The van der Waals surface area contributed by atoms with Gasteiger partial charge in [-0.15, -0.1) is 11.3 Å². The predicted molar refractivity (Wildman–Crippen MR) is 123 cm³/mol. The summed E-state index contributed by atoms with van der Waals surface area (Å²) in [6.45, 7) is 4.31. The number of amides is 3. The average molecular weight is 447 g/mol. The van der Waals surface area contributed by atoms with Gasteiger partial charge < -0.3 is 21.3 Å². The van der Waals surface area contributed by atoms with Gasteiger partial charge in [0.25, 0.3) is 0 Å². The number of nitrogens with one attached hydrogen (secondary N) is 2. The Bertz CT molecular complexity index is 846. The van der Waals surface area contributed by atoms with Crippen LogP contribution in [0.4, 0.5) is 9.80 Å². The molecule has 170 valence electrons. The van der Waals surface area contributed by atoms with Crippen LogP contribution in [0.1, 0.15) is 42.2 Å². The topological polar surface area (TPSA) is 114 Å². The van der Waals surface area contributed by atoms with Gasteiger partial charge in [0.2, 0.25) is 5.91 Å². The first-order valence-electron chi connectivity index (χ1n) is 11.1. The number of anilines is 1. The zero-order valence-corrected chi connectivity index (χ0v) is 19.6. The third kappa shape index (κ3) is 5.37. The summed E-state index contributed by atoms with van der Waals surface area (Å²) < 4.78 is 0. The number of likely N-dealkylation sites (N-methyl/N-ethyl adjacent to an activating group) is 1. The molecule has 0 aromatic carbocycles. The van der Waals surface area contributed by atoms with Crippen LogP contribution in [0.25, 0.3) is 0 Å². The van der Waals surface area contributed by atoms with E-state index in [0.717, 1.165) is 44.2 Å². The second-order valence-corrected chi connectivity index (χ2v) is 9.99. The summed E-state index contributed by atoms with van der Waals surface area (Å²) in [4.78, 5) is 30.7. The number of nitrogens with zero attached hydrogens (tertiary/aromatic N) is 3. The Balaban J connectivity index is 1.68. The molecule has 1 aliphatic heterocycles. The minimum Gasteiger partial charge on any atom is -0.389 e. The van der Waals surface area contributed by atoms with Crippen LogP contribution in [0.2, 0.25) is 0 Å². The molecule has 1 saturated heterocycles. The molecule has 3 rings (SSSR count). The van der Waals surface area contributed by atoms with Gasteiger partial charge in [-0.05, 0) is 51.3 Å². The number of carbonyl (C=O) groups is 2.